The number of carbonyl (C=O) groups is 1. The zero-order chi connectivity index (χ0) is 14.5. The second kappa shape index (κ2) is 6.13. The number of rotatable bonds is 4. The van der Waals surface area contributed by atoms with Crippen LogP contribution in [0.4, 0.5) is 5.82 Å². The lowest BCUT2D eigenvalue weighted by molar-refractivity contribution is -0.117. The number of benzene rings is 1. The number of aromatic nitrogens is 2. The molecule has 21 heavy (non-hydrogen) atoms. The summed E-state index contributed by atoms with van der Waals surface area (Å²) < 4.78 is 12.0. The van der Waals surface area contributed by atoms with Gasteiger partial charge in [-0.2, -0.15) is 5.10 Å². The molecule has 0 atom stereocenters. The summed E-state index contributed by atoms with van der Waals surface area (Å²) in [5, 5.41) is 6.99. The molecule has 1 amide bonds. The van der Waals surface area contributed by atoms with Crippen molar-refractivity contribution in [2.45, 2.75) is 6.54 Å². The molecular weight excluding hydrogens is 270 g/mol. The summed E-state index contributed by atoms with van der Waals surface area (Å²) in [6.07, 6.45) is 2.97. The summed E-state index contributed by atoms with van der Waals surface area (Å²) >= 11 is 0. The molecule has 108 valence electrons. The summed E-state index contributed by atoms with van der Waals surface area (Å²) in [5.74, 6) is 0.442. The smallest absolute Gasteiger partial charge is 0.295 e. The zero-order valence-corrected chi connectivity index (χ0v) is 11.4. The Morgan fingerprint density at radius 3 is 2.86 bits per heavy atom. The highest BCUT2D eigenvalue weighted by molar-refractivity contribution is 6.01. The molecule has 0 saturated heterocycles. The van der Waals surface area contributed by atoms with Crippen LogP contribution in [0.25, 0.3) is 0 Å². The molecular formula is C15H15N3O3. The van der Waals surface area contributed by atoms with Crippen LogP contribution < -0.4 is 5.32 Å². The van der Waals surface area contributed by atoms with Crippen molar-refractivity contribution >= 4 is 11.7 Å². The van der Waals surface area contributed by atoms with Crippen molar-refractivity contribution in [3.8, 4) is 0 Å². The van der Waals surface area contributed by atoms with Crippen molar-refractivity contribution < 1.29 is 14.3 Å². The van der Waals surface area contributed by atoms with E-state index < -0.39 is 0 Å². The van der Waals surface area contributed by atoms with E-state index in [1.807, 2.05) is 30.3 Å². The zero-order valence-electron chi connectivity index (χ0n) is 11.4. The van der Waals surface area contributed by atoms with Gasteiger partial charge in [-0.3, -0.25) is 4.79 Å². The molecule has 6 heteroatoms. The van der Waals surface area contributed by atoms with Gasteiger partial charge < -0.3 is 14.8 Å². The van der Waals surface area contributed by atoms with Crippen molar-refractivity contribution in [1.29, 1.82) is 0 Å². The van der Waals surface area contributed by atoms with Gasteiger partial charge in [0.25, 0.3) is 5.91 Å². The molecule has 0 spiro atoms. The van der Waals surface area contributed by atoms with Gasteiger partial charge in [-0.15, -0.1) is 0 Å². The molecule has 2 aromatic rings. The molecule has 0 aliphatic carbocycles. The highest BCUT2D eigenvalue weighted by atomic mass is 16.6. The van der Waals surface area contributed by atoms with Gasteiger partial charge in [0.15, 0.2) is 0 Å². The normalized spacial score (nSPS) is 13.8. The first-order chi connectivity index (χ1) is 10.3. The fourth-order valence-electron chi connectivity index (χ4n) is 1.99. The Labute approximate surface area is 122 Å². The van der Waals surface area contributed by atoms with E-state index >= 15 is 0 Å². The average molecular weight is 285 g/mol. The van der Waals surface area contributed by atoms with E-state index in [1.54, 1.807) is 16.9 Å². The van der Waals surface area contributed by atoms with E-state index in [-0.39, 0.29) is 11.7 Å². The lowest BCUT2D eigenvalue weighted by Gasteiger charge is -2.15. The molecule has 0 bridgehead atoms. The van der Waals surface area contributed by atoms with Crippen molar-refractivity contribution in [2.75, 3.05) is 18.5 Å². The van der Waals surface area contributed by atoms with E-state index in [0.29, 0.717) is 25.6 Å². The maximum atomic E-state index is 12.0. The molecule has 1 N–H and O–H groups in total. The Bertz CT molecular complexity index is 649. The molecule has 0 saturated carbocycles. The van der Waals surface area contributed by atoms with Crippen LogP contribution in [0, 0.1) is 0 Å². The van der Waals surface area contributed by atoms with Crippen LogP contribution in [-0.2, 0) is 20.8 Å². The van der Waals surface area contributed by atoms with Gasteiger partial charge in [0, 0.05) is 6.07 Å². The van der Waals surface area contributed by atoms with Gasteiger partial charge in [-0.25, -0.2) is 4.68 Å². The second-order valence-corrected chi connectivity index (χ2v) is 4.52. The first kappa shape index (κ1) is 13.2. The lowest BCUT2D eigenvalue weighted by atomic mass is 10.2. The Morgan fingerprint density at radius 2 is 2.10 bits per heavy atom. The third-order valence-electron chi connectivity index (χ3n) is 3.01. The van der Waals surface area contributed by atoms with E-state index in [0.717, 1.165) is 5.56 Å². The van der Waals surface area contributed by atoms with Gasteiger partial charge in [-0.1, -0.05) is 30.3 Å². The van der Waals surface area contributed by atoms with E-state index in [1.165, 1.54) is 6.26 Å². The van der Waals surface area contributed by atoms with Crippen molar-refractivity contribution in [3.63, 3.8) is 0 Å². The molecule has 2 heterocycles. The standard InChI is InChI=1S/C15H15N3O3/c19-15(13-11-20-8-9-21-13)17-14-6-7-16-18(14)10-12-4-2-1-3-5-12/h1-7,11H,8-10H2,(H,17,19). The first-order valence-corrected chi connectivity index (χ1v) is 6.64. The number of amides is 1. The van der Waals surface area contributed by atoms with E-state index in [2.05, 4.69) is 10.4 Å². The fourth-order valence-corrected chi connectivity index (χ4v) is 1.99. The predicted octanol–water partition coefficient (Wildman–Crippen LogP) is 1.76. The SMILES string of the molecule is O=C(Nc1ccnn1Cc1ccccc1)C1=COCCO1. The fraction of sp³-hybridized carbons (Fsp3) is 0.200. The van der Waals surface area contributed by atoms with Crippen LogP contribution in [0.1, 0.15) is 5.56 Å². The number of nitrogens with one attached hydrogen (secondary N) is 1. The third kappa shape index (κ3) is 3.22. The highest BCUT2D eigenvalue weighted by Crippen LogP contribution is 2.13. The highest BCUT2D eigenvalue weighted by Gasteiger charge is 2.16. The molecule has 1 aromatic carbocycles. The first-order valence-electron chi connectivity index (χ1n) is 6.64. The largest absolute Gasteiger partial charge is 0.494 e. The Kier molecular flexibility index (Phi) is 3.86. The van der Waals surface area contributed by atoms with Crippen LogP contribution in [0.15, 0.2) is 54.6 Å². The quantitative estimate of drug-likeness (QED) is 0.929. The van der Waals surface area contributed by atoms with Gasteiger partial charge in [-0.05, 0) is 5.56 Å². The van der Waals surface area contributed by atoms with E-state index in [9.17, 15) is 4.79 Å². The van der Waals surface area contributed by atoms with Crippen molar-refractivity contribution in [1.82, 2.24) is 9.78 Å². The van der Waals surface area contributed by atoms with Gasteiger partial charge in [0.2, 0.25) is 5.76 Å². The monoisotopic (exact) mass is 285 g/mol. The van der Waals surface area contributed by atoms with E-state index in [4.69, 9.17) is 9.47 Å². The number of ether oxygens (including phenoxy) is 2. The minimum Gasteiger partial charge on any atom is -0.494 e. The van der Waals surface area contributed by atoms with Gasteiger partial charge >= 0.3 is 0 Å². The third-order valence-corrected chi connectivity index (χ3v) is 3.01. The summed E-state index contributed by atoms with van der Waals surface area (Å²) in [6, 6.07) is 11.7. The molecule has 3 rings (SSSR count). The Balaban J connectivity index is 1.70. The van der Waals surface area contributed by atoms with Gasteiger partial charge in [0.1, 0.15) is 25.3 Å². The minimum atomic E-state index is -0.343. The molecule has 1 aliphatic rings. The van der Waals surface area contributed by atoms with Crippen LogP contribution in [-0.4, -0.2) is 28.9 Å². The Morgan fingerprint density at radius 1 is 1.24 bits per heavy atom. The summed E-state index contributed by atoms with van der Waals surface area (Å²) in [5.41, 5.74) is 1.10. The maximum Gasteiger partial charge on any atom is 0.295 e. The maximum absolute atomic E-state index is 12.0. The van der Waals surface area contributed by atoms with Crippen LogP contribution in [0.3, 0.4) is 0 Å². The topological polar surface area (TPSA) is 65.4 Å². The summed E-state index contributed by atoms with van der Waals surface area (Å²) in [6.45, 7) is 1.42. The van der Waals surface area contributed by atoms with Crippen molar-refractivity contribution in [3.05, 3.63) is 60.2 Å². The average Bonchev–Trinajstić information content (AvgIpc) is 2.96. The second-order valence-electron chi connectivity index (χ2n) is 4.52. The van der Waals surface area contributed by atoms with Gasteiger partial charge in [0.05, 0.1) is 12.7 Å². The molecule has 6 nitrogen and oxygen atoms in total. The molecule has 0 fully saturated rings. The number of hydrogen-bond donors (Lipinski definition) is 1. The molecule has 0 unspecified atom stereocenters. The van der Waals surface area contributed by atoms with Crippen LogP contribution in [0.5, 0.6) is 0 Å². The molecule has 0 radical (unpaired) electrons. The Hall–Kier alpha value is -2.76. The number of nitrogens with zero attached hydrogens (tertiary/aromatic N) is 2. The summed E-state index contributed by atoms with van der Waals surface area (Å²) in [7, 11) is 0. The number of anilines is 1. The number of carbonyl (C=O) groups excluding carboxylic acids is 1. The minimum absolute atomic E-state index is 0.175. The number of hydrogen-bond acceptors (Lipinski definition) is 4. The molecule has 1 aliphatic heterocycles. The summed E-state index contributed by atoms with van der Waals surface area (Å²) in [4.78, 5) is 12.0. The van der Waals surface area contributed by atoms with Crippen molar-refractivity contribution in [2.24, 2.45) is 0 Å². The molecule has 1 aromatic heterocycles. The predicted molar refractivity (Wildman–Crippen MR) is 76.4 cm³/mol. The van der Waals surface area contributed by atoms with Crippen LogP contribution in [0.2, 0.25) is 0 Å². The van der Waals surface area contributed by atoms with Crippen LogP contribution >= 0.6 is 0 Å². The lowest BCUT2D eigenvalue weighted by Crippen LogP contribution is -2.22.